The van der Waals surface area contributed by atoms with E-state index in [2.05, 4.69) is 67.8 Å². The molecule has 1 aromatic heterocycles. The average molecular weight is 265 g/mol. The van der Waals surface area contributed by atoms with Crippen molar-refractivity contribution in [1.82, 2.24) is 4.98 Å². The molecule has 0 saturated heterocycles. The van der Waals surface area contributed by atoms with E-state index in [1.54, 1.807) is 11.3 Å². The summed E-state index contributed by atoms with van der Waals surface area (Å²) in [6.07, 6.45) is 0. The van der Waals surface area contributed by atoms with Gasteiger partial charge in [0.1, 0.15) is 5.01 Å². The molecule has 0 amide bonds. The molecule has 1 heterocycles. The first-order chi connectivity index (χ1) is 9.22. The van der Waals surface area contributed by atoms with Crippen LogP contribution in [0.25, 0.3) is 21.8 Å². The molecule has 0 fully saturated rings. The summed E-state index contributed by atoms with van der Waals surface area (Å²) >= 11 is 1.70. The number of benzene rings is 2. The van der Waals surface area contributed by atoms with Crippen molar-refractivity contribution in [2.75, 3.05) is 0 Å². The highest BCUT2D eigenvalue weighted by molar-refractivity contribution is 7.13. The third kappa shape index (κ3) is 2.59. The largest absolute Gasteiger partial charge is 0.236 e. The number of hydrogen-bond donors (Lipinski definition) is 0. The molecule has 0 unspecified atom stereocenters. The Hall–Kier alpha value is -1.93. The Morgan fingerprint density at radius 2 is 1.63 bits per heavy atom. The summed E-state index contributed by atoms with van der Waals surface area (Å²) in [7, 11) is 0. The van der Waals surface area contributed by atoms with Crippen molar-refractivity contribution in [2.45, 2.75) is 13.8 Å². The predicted octanol–water partition coefficient (Wildman–Crippen LogP) is 5.09. The van der Waals surface area contributed by atoms with Crippen LogP contribution in [-0.4, -0.2) is 4.98 Å². The van der Waals surface area contributed by atoms with E-state index in [1.165, 1.54) is 22.3 Å². The molecule has 3 aromatic rings. The fourth-order valence-electron chi connectivity index (χ4n) is 2.04. The second-order valence-electron chi connectivity index (χ2n) is 4.77. The topological polar surface area (TPSA) is 12.9 Å². The summed E-state index contributed by atoms with van der Waals surface area (Å²) in [4.78, 5) is 4.74. The summed E-state index contributed by atoms with van der Waals surface area (Å²) in [6, 6.07) is 17.0. The van der Waals surface area contributed by atoms with Gasteiger partial charge in [0.25, 0.3) is 0 Å². The van der Waals surface area contributed by atoms with Gasteiger partial charge in [-0.15, -0.1) is 11.3 Å². The zero-order valence-electron chi connectivity index (χ0n) is 11.1. The van der Waals surface area contributed by atoms with Crippen molar-refractivity contribution in [3.8, 4) is 21.8 Å². The lowest BCUT2D eigenvalue weighted by Gasteiger charge is -1.99. The molecule has 0 N–H and O–H groups in total. The van der Waals surface area contributed by atoms with E-state index in [1.807, 2.05) is 0 Å². The van der Waals surface area contributed by atoms with Crippen LogP contribution in [0.2, 0.25) is 0 Å². The monoisotopic (exact) mass is 265 g/mol. The average Bonchev–Trinajstić information content (AvgIpc) is 2.89. The molecule has 0 atom stereocenters. The summed E-state index contributed by atoms with van der Waals surface area (Å²) < 4.78 is 0. The fraction of sp³-hybridized carbons (Fsp3) is 0.118. The lowest BCUT2D eigenvalue weighted by molar-refractivity contribution is 1.38. The summed E-state index contributed by atoms with van der Waals surface area (Å²) in [5.41, 5.74) is 5.98. The zero-order chi connectivity index (χ0) is 13.2. The smallest absolute Gasteiger partial charge is 0.124 e. The maximum atomic E-state index is 4.74. The minimum Gasteiger partial charge on any atom is -0.236 e. The van der Waals surface area contributed by atoms with Crippen LogP contribution in [0.1, 0.15) is 11.1 Å². The normalized spacial score (nSPS) is 10.6. The molecule has 0 saturated carbocycles. The number of hydrogen-bond acceptors (Lipinski definition) is 2. The van der Waals surface area contributed by atoms with Gasteiger partial charge in [0, 0.05) is 16.5 Å². The van der Waals surface area contributed by atoms with Crippen molar-refractivity contribution >= 4 is 11.3 Å². The van der Waals surface area contributed by atoms with Crippen LogP contribution in [0.15, 0.2) is 53.9 Å². The van der Waals surface area contributed by atoms with E-state index in [0.29, 0.717) is 0 Å². The van der Waals surface area contributed by atoms with Gasteiger partial charge >= 0.3 is 0 Å². The Bertz CT molecular complexity index is 695. The van der Waals surface area contributed by atoms with Gasteiger partial charge in [-0.25, -0.2) is 4.98 Å². The molecule has 2 aromatic carbocycles. The highest BCUT2D eigenvalue weighted by Gasteiger charge is 2.06. The standard InChI is InChI=1S/C17H15NS/c1-12-6-8-14(9-7-12)16-11-19-17(18-16)15-5-3-4-13(2)10-15/h3-11H,1-2H3. The molecule has 0 spiro atoms. The van der Waals surface area contributed by atoms with E-state index in [9.17, 15) is 0 Å². The molecular weight excluding hydrogens is 250 g/mol. The van der Waals surface area contributed by atoms with Crippen LogP contribution in [0.3, 0.4) is 0 Å². The molecule has 2 heteroatoms. The van der Waals surface area contributed by atoms with Gasteiger partial charge in [-0.2, -0.15) is 0 Å². The maximum Gasteiger partial charge on any atom is 0.124 e. The molecule has 0 radical (unpaired) electrons. The number of nitrogens with zero attached hydrogens (tertiary/aromatic N) is 1. The van der Waals surface area contributed by atoms with Crippen LogP contribution in [0.4, 0.5) is 0 Å². The molecule has 0 aliphatic rings. The summed E-state index contributed by atoms with van der Waals surface area (Å²) in [5, 5.41) is 3.21. The molecule has 0 aliphatic heterocycles. The minimum absolute atomic E-state index is 1.06. The maximum absolute atomic E-state index is 4.74. The fourth-order valence-corrected chi connectivity index (χ4v) is 2.87. The number of aryl methyl sites for hydroxylation is 2. The van der Waals surface area contributed by atoms with Crippen LogP contribution in [0, 0.1) is 13.8 Å². The van der Waals surface area contributed by atoms with Gasteiger partial charge in [0.2, 0.25) is 0 Å². The van der Waals surface area contributed by atoms with Crippen molar-refractivity contribution in [3.63, 3.8) is 0 Å². The second kappa shape index (κ2) is 4.98. The Labute approximate surface area is 117 Å². The van der Waals surface area contributed by atoms with E-state index in [-0.39, 0.29) is 0 Å². The Morgan fingerprint density at radius 1 is 0.842 bits per heavy atom. The number of aromatic nitrogens is 1. The Balaban J connectivity index is 1.97. The predicted molar refractivity (Wildman–Crippen MR) is 82.5 cm³/mol. The van der Waals surface area contributed by atoms with Gasteiger partial charge in [0.15, 0.2) is 0 Å². The van der Waals surface area contributed by atoms with Gasteiger partial charge < -0.3 is 0 Å². The Morgan fingerprint density at radius 3 is 2.37 bits per heavy atom. The first-order valence-corrected chi connectivity index (χ1v) is 7.20. The summed E-state index contributed by atoms with van der Waals surface area (Å²) in [6.45, 7) is 4.21. The zero-order valence-corrected chi connectivity index (χ0v) is 11.9. The first kappa shape index (κ1) is 12.1. The van der Waals surface area contributed by atoms with Crippen LogP contribution in [0.5, 0.6) is 0 Å². The van der Waals surface area contributed by atoms with E-state index < -0.39 is 0 Å². The molecule has 0 aliphatic carbocycles. The lowest BCUT2D eigenvalue weighted by atomic mass is 10.1. The molecule has 19 heavy (non-hydrogen) atoms. The summed E-state index contributed by atoms with van der Waals surface area (Å²) in [5.74, 6) is 0. The first-order valence-electron chi connectivity index (χ1n) is 6.32. The van der Waals surface area contributed by atoms with Gasteiger partial charge in [-0.1, -0.05) is 53.6 Å². The third-order valence-electron chi connectivity index (χ3n) is 3.12. The highest BCUT2D eigenvalue weighted by Crippen LogP contribution is 2.29. The number of rotatable bonds is 2. The molecular formula is C17H15NS. The molecule has 3 rings (SSSR count). The minimum atomic E-state index is 1.06. The van der Waals surface area contributed by atoms with E-state index in [0.717, 1.165) is 10.7 Å². The van der Waals surface area contributed by atoms with Crippen LogP contribution < -0.4 is 0 Å². The van der Waals surface area contributed by atoms with E-state index in [4.69, 9.17) is 4.98 Å². The van der Waals surface area contributed by atoms with Crippen LogP contribution >= 0.6 is 11.3 Å². The highest BCUT2D eigenvalue weighted by atomic mass is 32.1. The van der Waals surface area contributed by atoms with Gasteiger partial charge in [-0.05, 0) is 19.9 Å². The van der Waals surface area contributed by atoms with E-state index >= 15 is 0 Å². The van der Waals surface area contributed by atoms with Crippen molar-refractivity contribution < 1.29 is 0 Å². The van der Waals surface area contributed by atoms with Crippen molar-refractivity contribution in [1.29, 1.82) is 0 Å². The number of thiazole rings is 1. The Kier molecular flexibility index (Phi) is 3.18. The lowest BCUT2D eigenvalue weighted by Crippen LogP contribution is -1.81. The quantitative estimate of drug-likeness (QED) is 0.628. The van der Waals surface area contributed by atoms with Crippen molar-refractivity contribution in [3.05, 3.63) is 65.0 Å². The van der Waals surface area contributed by atoms with Gasteiger partial charge in [-0.3, -0.25) is 0 Å². The van der Waals surface area contributed by atoms with Crippen molar-refractivity contribution in [2.24, 2.45) is 0 Å². The van der Waals surface area contributed by atoms with Crippen LogP contribution in [-0.2, 0) is 0 Å². The second-order valence-corrected chi connectivity index (χ2v) is 5.63. The van der Waals surface area contributed by atoms with Gasteiger partial charge in [0.05, 0.1) is 5.69 Å². The third-order valence-corrected chi connectivity index (χ3v) is 4.01. The molecule has 94 valence electrons. The molecule has 0 bridgehead atoms. The SMILES string of the molecule is Cc1ccc(-c2csc(-c3cccc(C)c3)n2)cc1. The molecule has 1 nitrogen and oxygen atoms in total.